The lowest BCUT2D eigenvalue weighted by Crippen LogP contribution is -2.37. The second-order valence-corrected chi connectivity index (χ2v) is 6.58. The molecule has 1 saturated carbocycles. The summed E-state index contributed by atoms with van der Waals surface area (Å²) in [6, 6.07) is 3.29. The van der Waals surface area contributed by atoms with Gasteiger partial charge in [0.1, 0.15) is 6.04 Å². The van der Waals surface area contributed by atoms with Gasteiger partial charge in [0.2, 0.25) is 5.91 Å². The number of rotatable bonds is 3. The van der Waals surface area contributed by atoms with E-state index in [4.69, 9.17) is 5.73 Å². The van der Waals surface area contributed by atoms with Crippen LogP contribution in [-0.2, 0) is 4.79 Å². The minimum atomic E-state index is -0.581. The maximum absolute atomic E-state index is 11.6. The Balaban J connectivity index is 1.80. The maximum Gasteiger partial charge on any atom is 0.245 e. The van der Waals surface area contributed by atoms with Crippen LogP contribution >= 0.6 is 15.9 Å². The molecule has 1 aliphatic heterocycles. The lowest BCUT2D eigenvalue weighted by atomic mass is 9.82. The molecule has 0 saturated heterocycles. The minimum Gasteiger partial charge on any atom is -0.393 e. The van der Waals surface area contributed by atoms with Crippen LogP contribution in [0.3, 0.4) is 0 Å². The van der Waals surface area contributed by atoms with E-state index in [9.17, 15) is 9.90 Å². The summed E-state index contributed by atoms with van der Waals surface area (Å²) in [5, 5.41) is 12.2. The monoisotopic (exact) mass is 339 g/mol. The Morgan fingerprint density at radius 2 is 2.20 bits per heavy atom. The van der Waals surface area contributed by atoms with Crippen molar-refractivity contribution in [2.45, 2.75) is 25.0 Å². The van der Waals surface area contributed by atoms with Crippen LogP contribution in [0.2, 0.25) is 0 Å². The summed E-state index contributed by atoms with van der Waals surface area (Å²) in [4.78, 5) is 13.7. The van der Waals surface area contributed by atoms with Crippen LogP contribution in [0.4, 0.5) is 11.4 Å². The molecule has 1 aromatic rings. The number of hydrogen-bond donors (Lipinski definition) is 3. The van der Waals surface area contributed by atoms with Crippen molar-refractivity contribution in [2.75, 3.05) is 23.8 Å². The molecule has 0 radical (unpaired) electrons. The summed E-state index contributed by atoms with van der Waals surface area (Å²) in [6.07, 6.45) is 1.61. The van der Waals surface area contributed by atoms with E-state index >= 15 is 0 Å². The highest BCUT2D eigenvalue weighted by Crippen LogP contribution is 2.39. The molecule has 1 amide bonds. The highest BCUT2D eigenvalue weighted by atomic mass is 79.9. The van der Waals surface area contributed by atoms with Gasteiger partial charge in [-0.3, -0.25) is 4.79 Å². The Bertz CT molecular complexity index is 558. The summed E-state index contributed by atoms with van der Waals surface area (Å²) in [5.74, 6) is 0.376. The zero-order valence-electron chi connectivity index (χ0n) is 11.3. The number of aliphatic hydroxyl groups is 1. The van der Waals surface area contributed by atoms with Gasteiger partial charge in [-0.25, -0.2) is 0 Å². The minimum absolute atomic E-state index is 0.130. The summed E-state index contributed by atoms with van der Waals surface area (Å²) >= 11 is 3.55. The van der Waals surface area contributed by atoms with Gasteiger partial charge >= 0.3 is 0 Å². The van der Waals surface area contributed by atoms with Crippen molar-refractivity contribution in [3.8, 4) is 0 Å². The number of nitrogens with two attached hydrogens (primary N) is 1. The number of carbonyl (C=O) groups is 1. The van der Waals surface area contributed by atoms with Gasteiger partial charge in [0.05, 0.1) is 11.8 Å². The Morgan fingerprint density at radius 1 is 1.50 bits per heavy atom. The molecule has 6 heteroatoms. The van der Waals surface area contributed by atoms with Crippen LogP contribution in [0.15, 0.2) is 16.6 Å². The van der Waals surface area contributed by atoms with Gasteiger partial charge < -0.3 is 21.1 Å². The van der Waals surface area contributed by atoms with Crippen molar-refractivity contribution in [1.82, 2.24) is 0 Å². The molecule has 3 rings (SSSR count). The Morgan fingerprint density at radius 3 is 2.85 bits per heavy atom. The van der Waals surface area contributed by atoms with Gasteiger partial charge in [-0.05, 0) is 46.8 Å². The number of halogens is 1. The lowest BCUT2D eigenvalue weighted by Gasteiger charge is -2.35. The van der Waals surface area contributed by atoms with Crippen molar-refractivity contribution < 1.29 is 9.90 Å². The van der Waals surface area contributed by atoms with Crippen LogP contribution in [0.25, 0.3) is 0 Å². The SMILES string of the molecule is CN(CC1CC(O)C1)c1cc2c(cc1Br)C(N)C(=O)N2. The molecule has 1 unspecified atom stereocenters. The van der Waals surface area contributed by atoms with Gasteiger partial charge in [-0.1, -0.05) is 0 Å². The van der Waals surface area contributed by atoms with E-state index < -0.39 is 6.04 Å². The predicted octanol–water partition coefficient (Wildman–Crippen LogP) is 1.61. The molecule has 1 atom stereocenters. The maximum atomic E-state index is 11.6. The molecule has 2 aliphatic rings. The predicted molar refractivity (Wildman–Crippen MR) is 81.7 cm³/mol. The van der Waals surface area contributed by atoms with Crippen LogP contribution < -0.4 is 16.0 Å². The summed E-state index contributed by atoms with van der Waals surface area (Å²) < 4.78 is 0.936. The van der Waals surface area contributed by atoms with Gasteiger partial charge in [0.25, 0.3) is 0 Å². The van der Waals surface area contributed by atoms with E-state index in [2.05, 4.69) is 26.1 Å². The highest BCUT2D eigenvalue weighted by molar-refractivity contribution is 9.10. The molecule has 0 aromatic heterocycles. The molecule has 5 nitrogen and oxygen atoms in total. The molecule has 1 heterocycles. The fourth-order valence-corrected chi connectivity index (χ4v) is 3.59. The zero-order chi connectivity index (χ0) is 14.4. The molecular formula is C14H18BrN3O2. The fraction of sp³-hybridized carbons (Fsp3) is 0.500. The topological polar surface area (TPSA) is 78.6 Å². The fourth-order valence-electron chi connectivity index (χ4n) is 2.92. The molecule has 20 heavy (non-hydrogen) atoms. The summed E-state index contributed by atoms with van der Waals surface area (Å²) in [7, 11) is 2.02. The number of nitrogens with zero attached hydrogens (tertiary/aromatic N) is 1. The van der Waals surface area contributed by atoms with Gasteiger partial charge in [0.15, 0.2) is 0 Å². The quantitative estimate of drug-likeness (QED) is 0.781. The van der Waals surface area contributed by atoms with E-state index in [1.807, 2.05) is 19.2 Å². The van der Waals surface area contributed by atoms with E-state index in [1.165, 1.54) is 0 Å². The number of anilines is 2. The van der Waals surface area contributed by atoms with Crippen molar-refractivity contribution in [2.24, 2.45) is 11.7 Å². The summed E-state index contributed by atoms with van der Waals surface area (Å²) in [6.45, 7) is 0.897. The molecule has 1 aliphatic carbocycles. The van der Waals surface area contributed by atoms with Crippen molar-refractivity contribution in [3.63, 3.8) is 0 Å². The Hall–Kier alpha value is -1.11. The molecule has 4 N–H and O–H groups in total. The third kappa shape index (κ3) is 2.32. The van der Waals surface area contributed by atoms with E-state index in [-0.39, 0.29) is 12.0 Å². The van der Waals surface area contributed by atoms with Crippen molar-refractivity contribution >= 4 is 33.2 Å². The first kappa shape index (κ1) is 13.9. The highest BCUT2D eigenvalue weighted by Gasteiger charge is 2.31. The second-order valence-electron chi connectivity index (χ2n) is 5.73. The third-order valence-corrected chi connectivity index (χ3v) is 4.78. The molecular weight excluding hydrogens is 322 g/mol. The van der Waals surface area contributed by atoms with E-state index in [0.29, 0.717) is 5.92 Å². The normalized spacial score (nSPS) is 27.8. The molecule has 1 fully saturated rings. The molecule has 108 valence electrons. The average molecular weight is 340 g/mol. The Labute approximate surface area is 126 Å². The van der Waals surface area contributed by atoms with Crippen molar-refractivity contribution in [1.29, 1.82) is 0 Å². The Kier molecular flexibility index (Phi) is 3.48. The largest absolute Gasteiger partial charge is 0.393 e. The van der Waals surface area contributed by atoms with Crippen molar-refractivity contribution in [3.05, 3.63) is 22.2 Å². The summed E-state index contributed by atoms with van der Waals surface area (Å²) in [5.41, 5.74) is 8.49. The molecule has 0 bridgehead atoms. The average Bonchev–Trinajstić information content (AvgIpc) is 2.63. The number of fused-ring (bicyclic) bond motifs is 1. The number of benzene rings is 1. The smallest absolute Gasteiger partial charge is 0.245 e. The first-order chi connectivity index (χ1) is 9.45. The second kappa shape index (κ2) is 5.02. The number of aliphatic hydroxyl groups excluding tert-OH is 1. The first-order valence-electron chi connectivity index (χ1n) is 6.74. The molecule has 0 spiro atoms. The van der Waals surface area contributed by atoms with Gasteiger partial charge in [-0.2, -0.15) is 0 Å². The first-order valence-corrected chi connectivity index (χ1v) is 7.54. The number of hydrogen-bond acceptors (Lipinski definition) is 4. The third-order valence-electron chi connectivity index (χ3n) is 4.15. The van der Waals surface area contributed by atoms with E-state index in [0.717, 1.165) is 40.8 Å². The van der Waals surface area contributed by atoms with Gasteiger partial charge in [0, 0.05) is 29.3 Å². The van der Waals surface area contributed by atoms with Crippen LogP contribution in [-0.4, -0.2) is 30.7 Å². The number of carbonyl (C=O) groups excluding carboxylic acids is 1. The zero-order valence-corrected chi connectivity index (χ0v) is 12.9. The van der Waals surface area contributed by atoms with Crippen LogP contribution in [0.1, 0.15) is 24.4 Å². The van der Waals surface area contributed by atoms with Crippen LogP contribution in [0.5, 0.6) is 0 Å². The van der Waals surface area contributed by atoms with E-state index in [1.54, 1.807) is 0 Å². The lowest BCUT2D eigenvalue weighted by molar-refractivity contribution is -0.116. The standard InChI is InChI=1S/C14H18BrN3O2/c1-18(6-7-2-8(19)3-7)12-5-11-9(4-10(12)15)13(16)14(20)17-11/h4-5,7-8,13,19H,2-3,6,16H2,1H3,(H,17,20). The van der Waals surface area contributed by atoms with Gasteiger partial charge in [-0.15, -0.1) is 0 Å². The van der Waals surface area contributed by atoms with Crippen LogP contribution in [0, 0.1) is 5.92 Å². The number of nitrogens with one attached hydrogen (secondary N) is 1. The molecule has 1 aromatic carbocycles. The number of amides is 1.